The second-order valence-corrected chi connectivity index (χ2v) is 4.45. The van der Waals surface area contributed by atoms with E-state index in [0.29, 0.717) is 6.42 Å². The minimum absolute atomic E-state index is 0.0380. The van der Waals surface area contributed by atoms with Crippen molar-refractivity contribution < 1.29 is 19.8 Å². The van der Waals surface area contributed by atoms with Crippen LogP contribution in [0.25, 0.3) is 0 Å². The van der Waals surface area contributed by atoms with Gasteiger partial charge >= 0.3 is 5.97 Å². The van der Waals surface area contributed by atoms with Gasteiger partial charge in [-0.1, -0.05) is 0 Å². The number of carbonyl (C=O) groups excluding carboxylic acids is 1. The van der Waals surface area contributed by atoms with E-state index in [2.05, 4.69) is 5.32 Å². The Morgan fingerprint density at radius 2 is 2.11 bits per heavy atom. The lowest BCUT2D eigenvalue weighted by atomic mass is 10.1. The van der Waals surface area contributed by atoms with Crippen LogP contribution in [0.5, 0.6) is 5.75 Å². The fourth-order valence-electron chi connectivity index (χ4n) is 1.62. The quantitative estimate of drug-likeness (QED) is 0.583. The predicted octanol–water partition coefficient (Wildman–Crippen LogP) is 1.55. The number of phenols is 1. The maximum atomic E-state index is 11.6. The number of anilines is 1. The Hall–Kier alpha value is -2.08. The minimum atomic E-state index is -1.21. The molecule has 1 rings (SSSR count). The monoisotopic (exact) mass is 266 g/mol. The summed E-state index contributed by atoms with van der Waals surface area (Å²) in [5, 5.41) is 20.7. The van der Waals surface area contributed by atoms with Crippen LogP contribution in [-0.2, 0) is 4.79 Å². The summed E-state index contributed by atoms with van der Waals surface area (Å²) < 4.78 is 0. The lowest BCUT2D eigenvalue weighted by Gasteiger charge is -2.09. The van der Waals surface area contributed by atoms with Crippen molar-refractivity contribution >= 4 is 17.6 Å². The van der Waals surface area contributed by atoms with E-state index in [0.717, 1.165) is 12.5 Å². The van der Waals surface area contributed by atoms with E-state index < -0.39 is 5.97 Å². The van der Waals surface area contributed by atoms with E-state index in [1.165, 1.54) is 12.1 Å². The average molecular weight is 266 g/mol. The van der Waals surface area contributed by atoms with E-state index in [1.54, 1.807) is 0 Å². The van der Waals surface area contributed by atoms with Gasteiger partial charge in [-0.3, -0.25) is 4.79 Å². The SMILES string of the molecule is CC(N)CCCC(=O)Nc1ccc(O)cc1C(=O)O. The summed E-state index contributed by atoms with van der Waals surface area (Å²) in [5.41, 5.74) is 5.61. The van der Waals surface area contributed by atoms with Gasteiger partial charge in [-0.05, 0) is 38.0 Å². The molecule has 5 N–H and O–H groups in total. The number of hydrogen-bond donors (Lipinski definition) is 4. The van der Waals surface area contributed by atoms with Gasteiger partial charge in [0.25, 0.3) is 0 Å². The van der Waals surface area contributed by atoms with Gasteiger partial charge in [0.1, 0.15) is 5.75 Å². The van der Waals surface area contributed by atoms with E-state index in [1.807, 2.05) is 6.92 Å². The maximum absolute atomic E-state index is 11.6. The Kier molecular flexibility index (Phi) is 5.32. The van der Waals surface area contributed by atoms with Crippen molar-refractivity contribution in [3.63, 3.8) is 0 Å². The number of carboxylic acid groups (broad SMARTS) is 1. The first-order chi connectivity index (χ1) is 8.90. The molecule has 0 saturated heterocycles. The number of carboxylic acids is 1. The van der Waals surface area contributed by atoms with Gasteiger partial charge in [0.2, 0.25) is 5.91 Å². The number of nitrogens with two attached hydrogens (primary N) is 1. The Morgan fingerprint density at radius 3 is 2.68 bits per heavy atom. The molecule has 1 amide bonds. The smallest absolute Gasteiger partial charge is 0.337 e. The molecule has 0 saturated carbocycles. The van der Waals surface area contributed by atoms with Crippen LogP contribution < -0.4 is 11.1 Å². The molecule has 0 aliphatic heterocycles. The van der Waals surface area contributed by atoms with Crippen molar-refractivity contribution in [3.05, 3.63) is 23.8 Å². The van der Waals surface area contributed by atoms with Gasteiger partial charge in [0.15, 0.2) is 0 Å². The molecule has 6 nitrogen and oxygen atoms in total. The zero-order valence-electron chi connectivity index (χ0n) is 10.7. The van der Waals surface area contributed by atoms with Crippen LogP contribution in [0, 0.1) is 0 Å². The molecule has 0 aliphatic rings. The van der Waals surface area contributed by atoms with E-state index in [-0.39, 0.29) is 35.4 Å². The second kappa shape index (κ2) is 6.75. The lowest BCUT2D eigenvalue weighted by molar-refractivity contribution is -0.116. The molecule has 0 aliphatic carbocycles. The van der Waals surface area contributed by atoms with Crippen LogP contribution in [-0.4, -0.2) is 28.1 Å². The van der Waals surface area contributed by atoms with Crippen molar-refractivity contribution in [2.45, 2.75) is 32.2 Å². The van der Waals surface area contributed by atoms with Crippen LogP contribution >= 0.6 is 0 Å². The molecule has 1 atom stereocenters. The third-order valence-electron chi connectivity index (χ3n) is 2.57. The number of carbonyl (C=O) groups is 2. The number of nitrogens with one attached hydrogen (secondary N) is 1. The maximum Gasteiger partial charge on any atom is 0.337 e. The highest BCUT2D eigenvalue weighted by molar-refractivity contribution is 6.00. The highest BCUT2D eigenvalue weighted by atomic mass is 16.4. The van der Waals surface area contributed by atoms with E-state index in [9.17, 15) is 14.7 Å². The molecule has 0 bridgehead atoms. The number of rotatable bonds is 6. The van der Waals surface area contributed by atoms with Crippen molar-refractivity contribution in [2.24, 2.45) is 5.73 Å². The van der Waals surface area contributed by atoms with Gasteiger partial charge in [0.05, 0.1) is 11.3 Å². The molecule has 19 heavy (non-hydrogen) atoms. The number of hydrogen-bond acceptors (Lipinski definition) is 4. The predicted molar refractivity (Wildman–Crippen MR) is 71.2 cm³/mol. The Morgan fingerprint density at radius 1 is 1.42 bits per heavy atom. The normalized spacial score (nSPS) is 11.9. The van der Waals surface area contributed by atoms with Crippen molar-refractivity contribution in [1.82, 2.24) is 0 Å². The molecule has 104 valence electrons. The standard InChI is InChI=1S/C13H18N2O4/c1-8(14)3-2-4-12(17)15-11-6-5-9(16)7-10(11)13(18)19/h5-8,16H,2-4,14H2,1H3,(H,15,17)(H,18,19). The number of benzene rings is 1. The van der Waals surface area contributed by atoms with Crippen molar-refractivity contribution in [3.8, 4) is 5.75 Å². The number of aromatic carboxylic acids is 1. The van der Waals surface area contributed by atoms with Crippen LogP contribution in [0.4, 0.5) is 5.69 Å². The summed E-state index contributed by atoms with van der Waals surface area (Å²) >= 11 is 0. The topological polar surface area (TPSA) is 113 Å². The average Bonchev–Trinajstić information content (AvgIpc) is 2.30. The van der Waals surface area contributed by atoms with Gasteiger partial charge < -0.3 is 21.3 Å². The highest BCUT2D eigenvalue weighted by Crippen LogP contribution is 2.21. The van der Waals surface area contributed by atoms with Gasteiger partial charge in [-0.2, -0.15) is 0 Å². The number of aromatic hydroxyl groups is 1. The van der Waals surface area contributed by atoms with Crippen molar-refractivity contribution in [2.75, 3.05) is 5.32 Å². The summed E-state index contributed by atoms with van der Waals surface area (Å²) in [7, 11) is 0. The Labute approximate surface area is 111 Å². The lowest BCUT2D eigenvalue weighted by Crippen LogP contribution is -2.17. The molecule has 1 unspecified atom stereocenters. The third kappa shape index (κ3) is 4.97. The number of amides is 1. The molecular formula is C13H18N2O4. The second-order valence-electron chi connectivity index (χ2n) is 4.45. The molecular weight excluding hydrogens is 248 g/mol. The Bertz CT molecular complexity index is 472. The van der Waals surface area contributed by atoms with Gasteiger partial charge in [-0.15, -0.1) is 0 Å². The molecule has 0 aromatic heterocycles. The minimum Gasteiger partial charge on any atom is -0.508 e. The summed E-state index contributed by atoms with van der Waals surface area (Å²) in [6.45, 7) is 1.86. The fourth-order valence-corrected chi connectivity index (χ4v) is 1.62. The summed E-state index contributed by atoms with van der Waals surface area (Å²) in [6.07, 6.45) is 1.65. The molecule has 6 heteroatoms. The number of phenolic OH excluding ortho intramolecular Hbond substituents is 1. The van der Waals surface area contributed by atoms with Crippen LogP contribution in [0.1, 0.15) is 36.5 Å². The fraction of sp³-hybridized carbons (Fsp3) is 0.385. The summed E-state index contributed by atoms with van der Waals surface area (Å²) in [6, 6.07) is 3.82. The van der Waals surface area contributed by atoms with Crippen LogP contribution in [0.3, 0.4) is 0 Å². The molecule has 0 radical (unpaired) electrons. The largest absolute Gasteiger partial charge is 0.508 e. The molecule has 0 spiro atoms. The highest BCUT2D eigenvalue weighted by Gasteiger charge is 2.13. The first kappa shape index (κ1) is 15.0. The third-order valence-corrected chi connectivity index (χ3v) is 2.57. The summed E-state index contributed by atoms with van der Waals surface area (Å²) in [5.74, 6) is -1.64. The zero-order chi connectivity index (χ0) is 14.4. The molecule has 0 fully saturated rings. The van der Waals surface area contributed by atoms with Crippen molar-refractivity contribution in [1.29, 1.82) is 0 Å². The first-order valence-corrected chi connectivity index (χ1v) is 6.02. The van der Waals surface area contributed by atoms with E-state index >= 15 is 0 Å². The van der Waals surface area contributed by atoms with Crippen LogP contribution in [0.15, 0.2) is 18.2 Å². The zero-order valence-corrected chi connectivity index (χ0v) is 10.7. The molecule has 0 heterocycles. The first-order valence-electron chi connectivity index (χ1n) is 6.02. The Balaban J connectivity index is 2.66. The van der Waals surface area contributed by atoms with Gasteiger partial charge in [0, 0.05) is 12.5 Å². The van der Waals surface area contributed by atoms with E-state index in [4.69, 9.17) is 10.8 Å². The van der Waals surface area contributed by atoms with Crippen LogP contribution in [0.2, 0.25) is 0 Å². The molecule has 1 aromatic rings. The van der Waals surface area contributed by atoms with Gasteiger partial charge in [-0.25, -0.2) is 4.79 Å². The summed E-state index contributed by atoms with van der Waals surface area (Å²) in [4.78, 5) is 22.6. The molecule has 1 aromatic carbocycles.